The van der Waals surface area contributed by atoms with E-state index in [0.29, 0.717) is 30.2 Å². The normalized spacial score (nSPS) is 21.2. The van der Waals surface area contributed by atoms with Crippen molar-refractivity contribution in [3.05, 3.63) is 63.6 Å². The number of nitrogens with one attached hydrogen (secondary N) is 1. The molecule has 2 atom stereocenters. The molecule has 9 heteroatoms. The van der Waals surface area contributed by atoms with Crippen molar-refractivity contribution < 1.29 is 17.9 Å². The number of halogens is 2. The highest BCUT2D eigenvalue weighted by molar-refractivity contribution is 7.89. The van der Waals surface area contributed by atoms with Crippen molar-refractivity contribution in [3.8, 4) is 0 Å². The summed E-state index contributed by atoms with van der Waals surface area (Å²) in [5.41, 5.74) is 1.30. The topological polar surface area (TPSA) is 75.7 Å². The molecule has 0 aliphatic carbocycles. The van der Waals surface area contributed by atoms with E-state index in [1.807, 2.05) is 29.2 Å². The van der Waals surface area contributed by atoms with Gasteiger partial charge in [0.15, 0.2) is 0 Å². The van der Waals surface area contributed by atoms with Crippen LogP contribution in [-0.4, -0.2) is 51.1 Å². The van der Waals surface area contributed by atoms with Crippen molar-refractivity contribution in [1.29, 1.82) is 0 Å². The predicted molar refractivity (Wildman–Crippen MR) is 125 cm³/mol. The summed E-state index contributed by atoms with van der Waals surface area (Å²) in [6.07, 6.45) is 4.02. The van der Waals surface area contributed by atoms with E-state index in [1.54, 1.807) is 6.07 Å². The summed E-state index contributed by atoms with van der Waals surface area (Å²) in [4.78, 5) is 15.0. The smallest absolute Gasteiger partial charge is 0.254 e. The number of ether oxygens (including phenoxy) is 1. The first-order chi connectivity index (χ1) is 15.3. The standard InChI is InChI=1S/C23H26Cl2N2O4S/c24-20-8-2-1-5-16(20)13-18-6-3-11-27(18)23(28)17-9-10-21(25)22(14-17)32(29,30)26-15-19-7-4-12-31-19/h1-2,5,8-10,14,18-19,26H,3-4,6-7,11-13,15H2. The minimum absolute atomic E-state index is 0.00998. The molecule has 2 aromatic carbocycles. The maximum atomic E-state index is 13.3. The number of carbonyl (C=O) groups is 1. The first kappa shape index (κ1) is 23.5. The van der Waals surface area contributed by atoms with Gasteiger partial charge in [0.2, 0.25) is 10.0 Å². The van der Waals surface area contributed by atoms with Crippen LogP contribution in [0.1, 0.15) is 41.6 Å². The largest absolute Gasteiger partial charge is 0.377 e. The quantitative estimate of drug-likeness (QED) is 0.619. The average molecular weight is 497 g/mol. The Labute approximate surface area is 198 Å². The summed E-state index contributed by atoms with van der Waals surface area (Å²) in [7, 11) is -3.88. The van der Waals surface area contributed by atoms with Crippen LogP contribution in [0.5, 0.6) is 0 Å². The second kappa shape index (κ2) is 10.1. The van der Waals surface area contributed by atoms with Gasteiger partial charge in [-0.25, -0.2) is 13.1 Å². The van der Waals surface area contributed by atoms with Crippen LogP contribution in [0.4, 0.5) is 0 Å². The third-order valence-corrected chi connectivity index (χ3v) is 8.32. The highest BCUT2D eigenvalue weighted by Gasteiger charge is 2.31. The summed E-state index contributed by atoms with van der Waals surface area (Å²) in [6, 6.07) is 12.1. The van der Waals surface area contributed by atoms with Crippen molar-refractivity contribution in [1.82, 2.24) is 9.62 Å². The molecule has 32 heavy (non-hydrogen) atoms. The number of hydrogen-bond donors (Lipinski definition) is 1. The second-order valence-corrected chi connectivity index (χ2v) is 10.8. The van der Waals surface area contributed by atoms with Gasteiger partial charge < -0.3 is 9.64 Å². The molecule has 172 valence electrons. The molecular weight excluding hydrogens is 471 g/mol. The Hall–Kier alpha value is -1.64. The van der Waals surface area contributed by atoms with E-state index in [2.05, 4.69) is 4.72 Å². The molecular formula is C23H26Cl2N2O4S. The number of rotatable bonds is 7. The predicted octanol–water partition coefficient (Wildman–Crippen LogP) is 4.30. The summed E-state index contributed by atoms with van der Waals surface area (Å²) < 4.78 is 33.8. The monoisotopic (exact) mass is 496 g/mol. The zero-order valence-corrected chi connectivity index (χ0v) is 19.9. The van der Waals surface area contributed by atoms with Gasteiger partial charge in [0.25, 0.3) is 5.91 Å². The zero-order chi connectivity index (χ0) is 22.7. The van der Waals surface area contributed by atoms with Crippen LogP contribution < -0.4 is 4.72 Å². The Bertz CT molecular complexity index is 1090. The lowest BCUT2D eigenvalue weighted by Gasteiger charge is -2.25. The van der Waals surface area contributed by atoms with E-state index >= 15 is 0 Å². The average Bonchev–Trinajstić information content (AvgIpc) is 3.46. The molecule has 2 saturated heterocycles. The Morgan fingerprint density at radius 2 is 1.91 bits per heavy atom. The summed E-state index contributed by atoms with van der Waals surface area (Å²) >= 11 is 12.5. The van der Waals surface area contributed by atoms with Crippen molar-refractivity contribution in [3.63, 3.8) is 0 Å². The third-order valence-electron chi connectivity index (χ3n) is 6.04. The fourth-order valence-corrected chi connectivity index (χ4v) is 6.13. The van der Waals surface area contributed by atoms with Crippen LogP contribution in [0.25, 0.3) is 0 Å². The van der Waals surface area contributed by atoms with Gasteiger partial charge in [0.05, 0.1) is 11.1 Å². The fraction of sp³-hybridized carbons (Fsp3) is 0.435. The van der Waals surface area contributed by atoms with Crippen molar-refractivity contribution in [2.75, 3.05) is 19.7 Å². The Morgan fingerprint density at radius 3 is 2.66 bits per heavy atom. The second-order valence-electron chi connectivity index (χ2n) is 8.22. The molecule has 2 aliphatic rings. The van der Waals surface area contributed by atoms with Gasteiger partial charge in [-0.3, -0.25) is 4.79 Å². The van der Waals surface area contributed by atoms with Gasteiger partial charge in [-0.05, 0) is 61.9 Å². The number of hydrogen-bond acceptors (Lipinski definition) is 4. The first-order valence-electron chi connectivity index (χ1n) is 10.8. The molecule has 4 rings (SSSR count). The lowest BCUT2D eigenvalue weighted by molar-refractivity contribution is 0.0736. The molecule has 0 aromatic heterocycles. The number of benzene rings is 2. The molecule has 1 amide bonds. The molecule has 2 unspecified atom stereocenters. The van der Waals surface area contributed by atoms with E-state index in [-0.39, 0.29) is 34.5 Å². The lowest BCUT2D eigenvalue weighted by atomic mass is 10.0. The number of likely N-dealkylation sites (tertiary alicyclic amines) is 1. The summed E-state index contributed by atoms with van der Waals surface area (Å²) in [6.45, 7) is 1.45. The zero-order valence-electron chi connectivity index (χ0n) is 17.6. The minimum Gasteiger partial charge on any atom is -0.377 e. The highest BCUT2D eigenvalue weighted by atomic mass is 35.5. The Morgan fingerprint density at radius 1 is 1.09 bits per heavy atom. The third kappa shape index (κ3) is 5.29. The van der Waals surface area contributed by atoms with Gasteiger partial charge in [-0.2, -0.15) is 0 Å². The van der Waals surface area contributed by atoms with E-state index in [9.17, 15) is 13.2 Å². The number of nitrogens with zero attached hydrogens (tertiary/aromatic N) is 1. The van der Waals surface area contributed by atoms with Gasteiger partial charge in [0, 0.05) is 36.3 Å². The van der Waals surface area contributed by atoms with E-state index in [0.717, 1.165) is 31.2 Å². The molecule has 2 heterocycles. The minimum atomic E-state index is -3.88. The molecule has 0 saturated carbocycles. The Kier molecular flexibility index (Phi) is 7.42. The van der Waals surface area contributed by atoms with Crippen molar-refractivity contribution in [2.45, 2.75) is 49.1 Å². The maximum Gasteiger partial charge on any atom is 0.254 e. The molecule has 0 radical (unpaired) electrons. The first-order valence-corrected chi connectivity index (χ1v) is 13.0. The van der Waals surface area contributed by atoms with Gasteiger partial charge >= 0.3 is 0 Å². The number of amides is 1. The van der Waals surface area contributed by atoms with Crippen molar-refractivity contribution in [2.24, 2.45) is 0 Å². The lowest BCUT2D eigenvalue weighted by Crippen LogP contribution is -2.37. The van der Waals surface area contributed by atoms with Crippen LogP contribution in [0.3, 0.4) is 0 Å². The van der Waals surface area contributed by atoms with Crippen LogP contribution >= 0.6 is 23.2 Å². The summed E-state index contributed by atoms with van der Waals surface area (Å²) in [5.74, 6) is -0.202. The highest BCUT2D eigenvalue weighted by Crippen LogP contribution is 2.28. The molecule has 2 aliphatic heterocycles. The molecule has 1 N–H and O–H groups in total. The fourth-order valence-electron chi connectivity index (χ4n) is 4.33. The number of sulfonamides is 1. The molecule has 0 spiro atoms. The van der Waals surface area contributed by atoms with Crippen LogP contribution in [-0.2, 0) is 21.2 Å². The summed E-state index contributed by atoms with van der Waals surface area (Å²) in [5, 5.41) is 0.763. The van der Waals surface area contributed by atoms with Gasteiger partial charge in [0.1, 0.15) is 4.90 Å². The van der Waals surface area contributed by atoms with Crippen LogP contribution in [0.2, 0.25) is 10.0 Å². The molecule has 2 fully saturated rings. The maximum absolute atomic E-state index is 13.3. The van der Waals surface area contributed by atoms with Crippen molar-refractivity contribution >= 4 is 39.1 Å². The van der Waals surface area contributed by atoms with Gasteiger partial charge in [-0.1, -0.05) is 41.4 Å². The van der Waals surface area contributed by atoms with Gasteiger partial charge in [-0.15, -0.1) is 0 Å². The Balaban J connectivity index is 1.51. The molecule has 6 nitrogen and oxygen atoms in total. The van der Waals surface area contributed by atoms with E-state index in [1.165, 1.54) is 12.1 Å². The SMILES string of the molecule is O=C(c1ccc(Cl)c(S(=O)(=O)NCC2CCCO2)c1)N1CCCC1Cc1ccccc1Cl. The molecule has 0 bridgehead atoms. The molecule has 2 aromatic rings. The van der Waals surface area contributed by atoms with E-state index < -0.39 is 10.0 Å². The van der Waals surface area contributed by atoms with E-state index in [4.69, 9.17) is 27.9 Å². The van der Waals surface area contributed by atoms with Crippen LogP contribution in [0, 0.1) is 0 Å². The number of carbonyl (C=O) groups excluding carboxylic acids is 1. The van der Waals surface area contributed by atoms with Crippen LogP contribution in [0.15, 0.2) is 47.4 Å².